The Kier molecular flexibility index (Phi) is 3.81. The molecule has 0 atom stereocenters. The SMILES string of the molecule is CNCc1nc(-c2cc(Br)ccc2F)c(Cl)[nH]1. The van der Waals surface area contributed by atoms with Gasteiger partial charge in [-0.25, -0.2) is 9.37 Å². The average Bonchev–Trinajstić information content (AvgIpc) is 2.64. The Balaban J connectivity index is 2.48. The smallest absolute Gasteiger partial charge is 0.134 e. The molecule has 0 bridgehead atoms. The van der Waals surface area contributed by atoms with Crippen molar-refractivity contribution >= 4 is 27.5 Å². The summed E-state index contributed by atoms with van der Waals surface area (Å²) < 4.78 is 14.5. The maximum Gasteiger partial charge on any atom is 0.134 e. The summed E-state index contributed by atoms with van der Waals surface area (Å²) in [5.74, 6) is 0.324. The molecule has 17 heavy (non-hydrogen) atoms. The fraction of sp³-hybridized carbons (Fsp3) is 0.182. The molecule has 3 nitrogen and oxygen atoms in total. The van der Waals surface area contributed by atoms with Gasteiger partial charge in [0.2, 0.25) is 0 Å². The van der Waals surface area contributed by atoms with Crippen LogP contribution in [-0.2, 0) is 6.54 Å². The molecule has 0 saturated heterocycles. The van der Waals surface area contributed by atoms with Gasteiger partial charge in [-0.2, -0.15) is 0 Å². The normalized spacial score (nSPS) is 10.8. The average molecular weight is 319 g/mol. The van der Waals surface area contributed by atoms with Crippen LogP contribution in [0.2, 0.25) is 5.15 Å². The molecule has 0 saturated carbocycles. The van der Waals surface area contributed by atoms with Crippen molar-refractivity contribution < 1.29 is 4.39 Å². The molecule has 2 aromatic rings. The molecule has 0 aliphatic heterocycles. The number of aromatic nitrogens is 2. The predicted octanol–water partition coefficient (Wildman–Crippen LogP) is 3.35. The molecule has 90 valence electrons. The molecule has 1 aromatic heterocycles. The monoisotopic (exact) mass is 317 g/mol. The second-order valence-corrected chi connectivity index (χ2v) is 4.79. The van der Waals surface area contributed by atoms with Gasteiger partial charge in [0.25, 0.3) is 0 Å². The van der Waals surface area contributed by atoms with Gasteiger partial charge < -0.3 is 10.3 Å². The van der Waals surface area contributed by atoms with E-state index in [4.69, 9.17) is 11.6 Å². The Hall–Kier alpha value is -0.910. The van der Waals surface area contributed by atoms with Gasteiger partial charge in [-0.15, -0.1) is 0 Å². The highest BCUT2D eigenvalue weighted by atomic mass is 79.9. The summed E-state index contributed by atoms with van der Waals surface area (Å²) in [5, 5.41) is 3.29. The van der Waals surface area contributed by atoms with Crippen LogP contribution in [0.1, 0.15) is 5.82 Å². The number of nitrogens with zero attached hydrogens (tertiary/aromatic N) is 1. The number of imidazole rings is 1. The first kappa shape index (κ1) is 12.5. The fourth-order valence-electron chi connectivity index (χ4n) is 1.51. The van der Waals surface area contributed by atoms with Gasteiger partial charge in [0.15, 0.2) is 0 Å². The predicted molar refractivity (Wildman–Crippen MR) is 69.5 cm³/mol. The lowest BCUT2D eigenvalue weighted by Gasteiger charge is -2.00. The molecule has 1 heterocycles. The lowest BCUT2D eigenvalue weighted by atomic mass is 10.1. The molecule has 6 heteroatoms. The Morgan fingerprint density at radius 2 is 2.29 bits per heavy atom. The van der Waals surface area contributed by atoms with Crippen LogP contribution in [-0.4, -0.2) is 17.0 Å². The van der Waals surface area contributed by atoms with Crippen LogP contribution in [0.15, 0.2) is 22.7 Å². The summed E-state index contributed by atoms with van der Waals surface area (Å²) in [6, 6.07) is 4.66. The van der Waals surface area contributed by atoms with E-state index >= 15 is 0 Å². The van der Waals surface area contributed by atoms with E-state index < -0.39 is 0 Å². The van der Waals surface area contributed by atoms with Crippen LogP contribution in [0.3, 0.4) is 0 Å². The Labute approximate surface area is 112 Å². The van der Waals surface area contributed by atoms with Crippen molar-refractivity contribution in [2.45, 2.75) is 6.54 Å². The fourth-order valence-corrected chi connectivity index (χ4v) is 2.12. The van der Waals surface area contributed by atoms with E-state index in [0.717, 1.165) is 4.47 Å². The number of hydrogen-bond donors (Lipinski definition) is 2. The number of rotatable bonds is 3. The van der Waals surface area contributed by atoms with E-state index in [1.807, 2.05) is 0 Å². The lowest BCUT2D eigenvalue weighted by Crippen LogP contribution is -2.06. The third-order valence-electron chi connectivity index (χ3n) is 2.24. The van der Waals surface area contributed by atoms with Crippen LogP contribution in [0.5, 0.6) is 0 Å². The largest absolute Gasteiger partial charge is 0.331 e. The van der Waals surface area contributed by atoms with Gasteiger partial charge in [0.05, 0.1) is 6.54 Å². The molecule has 0 unspecified atom stereocenters. The number of aromatic amines is 1. The third kappa shape index (κ3) is 2.68. The van der Waals surface area contributed by atoms with Crippen LogP contribution in [0.4, 0.5) is 4.39 Å². The highest BCUT2D eigenvalue weighted by molar-refractivity contribution is 9.10. The second-order valence-electron chi connectivity index (χ2n) is 3.50. The molecular weight excluding hydrogens is 308 g/mol. The maximum atomic E-state index is 13.7. The van der Waals surface area contributed by atoms with E-state index in [9.17, 15) is 4.39 Å². The summed E-state index contributed by atoms with van der Waals surface area (Å²) >= 11 is 9.31. The van der Waals surface area contributed by atoms with Gasteiger partial charge in [-0.05, 0) is 25.2 Å². The first-order chi connectivity index (χ1) is 8.11. The van der Waals surface area contributed by atoms with Crippen molar-refractivity contribution in [3.8, 4) is 11.3 Å². The highest BCUT2D eigenvalue weighted by Crippen LogP contribution is 2.30. The zero-order valence-corrected chi connectivity index (χ0v) is 11.4. The Morgan fingerprint density at radius 1 is 1.53 bits per heavy atom. The third-order valence-corrected chi connectivity index (χ3v) is 3.00. The molecule has 2 N–H and O–H groups in total. The molecule has 0 aliphatic carbocycles. The molecular formula is C11H10BrClFN3. The van der Waals surface area contributed by atoms with E-state index in [2.05, 4.69) is 31.2 Å². The molecule has 0 fully saturated rings. The summed E-state index contributed by atoms with van der Waals surface area (Å²) in [6.07, 6.45) is 0. The van der Waals surface area contributed by atoms with Crippen LogP contribution in [0.25, 0.3) is 11.3 Å². The zero-order chi connectivity index (χ0) is 12.4. The quantitative estimate of drug-likeness (QED) is 0.911. The summed E-state index contributed by atoms with van der Waals surface area (Å²) in [4.78, 5) is 7.16. The van der Waals surface area contributed by atoms with E-state index in [1.165, 1.54) is 6.07 Å². The second kappa shape index (κ2) is 5.16. The maximum absolute atomic E-state index is 13.7. The van der Waals surface area contributed by atoms with Gasteiger partial charge >= 0.3 is 0 Å². The minimum atomic E-state index is -0.349. The number of H-pyrrole nitrogens is 1. The van der Waals surface area contributed by atoms with Crippen molar-refractivity contribution in [3.63, 3.8) is 0 Å². The summed E-state index contributed by atoms with van der Waals surface area (Å²) in [6.45, 7) is 0.551. The van der Waals surface area contributed by atoms with Crippen molar-refractivity contribution in [1.82, 2.24) is 15.3 Å². The standard InChI is InChI=1S/C11H10BrClFN3/c1-15-5-9-16-10(11(13)17-9)7-4-6(12)2-3-8(7)14/h2-4,15H,5H2,1H3,(H,16,17). The minimum absolute atomic E-state index is 0.340. The zero-order valence-electron chi connectivity index (χ0n) is 9.02. The van der Waals surface area contributed by atoms with Gasteiger partial charge in [0, 0.05) is 10.0 Å². The topological polar surface area (TPSA) is 40.7 Å². The van der Waals surface area contributed by atoms with Crippen molar-refractivity contribution in [1.29, 1.82) is 0 Å². The Bertz CT molecular complexity index is 542. The van der Waals surface area contributed by atoms with Crippen LogP contribution in [0, 0.1) is 5.82 Å². The van der Waals surface area contributed by atoms with Crippen molar-refractivity contribution in [3.05, 3.63) is 39.5 Å². The first-order valence-corrected chi connectivity index (χ1v) is 6.13. The van der Waals surface area contributed by atoms with Gasteiger partial charge in [0.1, 0.15) is 22.5 Å². The number of hydrogen-bond acceptors (Lipinski definition) is 2. The summed E-state index contributed by atoms with van der Waals surface area (Å²) in [7, 11) is 1.80. The molecule has 1 aromatic carbocycles. The Morgan fingerprint density at radius 3 is 3.00 bits per heavy atom. The molecule has 0 radical (unpaired) electrons. The molecule has 2 rings (SSSR count). The van der Waals surface area contributed by atoms with E-state index in [0.29, 0.717) is 28.8 Å². The van der Waals surface area contributed by atoms with E-state index in [-0.39, 0.29) is 5.82 Å². The summed E-state index contributed by atoms with van der Waals surface area (Å²) in [5.41, 5.74) is 0.804. The number of nitrogens with one attached hydrogen (secondary N) is 2. The molecule has 0 amide bonds. The minimum Gasteiger partial charge on any atom is -0.331 e. The van der Waals surface area contributed by atoms with E-state index in [1.54, 1.807) is 19.2 Å². The number of halogens is 3. The molecule has 0 aliphatic rings. The van der Waals surface area contributed by atoms with Gasteiger partial charge in [-0.3, -0.25) is 0 Å². The first-order valence-electron chi connectivity index (χ1n) is 4.96. The molecule has 0 spiro atoms. The van der Waals surface area contributed by atoms with Crippen molar-refractivity contribution in [2.24, 2.45) is 0 Å². The number of benzene rings is 1. The van der Waals surface area contributed by atoms with Crippen LogP contribution >= 0.6 is 27.5 Å². The van der Waals surface area contributed by atoms with Gasteiger partial charge in [-0.1, -0.05) is 27.5 Å². The lowest BCUT2D eigenvalue weighted by molar-refractivity contribution is 0.630. The van der Waals surface area contributed by atoms with Crippen molar-refractivity contribution in [2.75, 3.05) is 7.05 Å². The highest BCUT2D eigenvalue weighted by Gasteiger charge is 2.14. The van der Waals surface area contributed by atoms with Crippen LogP contribution < -0.4 is 5.32 Å².